The third-order valence-corrected chi connectivity index (χ3v) is 2.57. The number of nitrogens with zero attached hydrogens (tertiary/aromatic N) is 3. The molecule has 0 aliphatic carbocycles. The van der Waals surface area contributed by atoms with Crippen molar-refractivity contribution in [2.24, 2.45) is 7.05 Å². The molecule has 0 fully saturated rings. The summed E-state index contributed by atoms with van der Waals surface area (Å²) in [5.74, 6) is 0. The Bertz CT molecular complexity index is 698. The predicted octanol–water partition coefficient (Wildman–Crippen LogP) is 0.389. The van der Waals surface area contributed by atoms with Gasteiger partial charge in [0.05, 0.1) is 6.33 Å². The number of aromatic nitrogens is 4. The standard InChI is InChI=1S/C11H14N4O2/c1-7(2)4-5-15-6-12-9-8(15)10(16)14(3)11(17)13-9/h4,6H,5H2,1-3H3,(H,13,17). The molecule has 0 spiro atoms. The first-order valence-electron chi connectivity index (χ1n) is 5.28. The van der Waals surface area contributed by atoms with Crippen LogP contribution in [0.1, 0.15) is 13.8 Å². The van der Waals surface area contributed by atoms with Crippen LogP contribution in [0.5, 0.6) is 0 Å². The maximum absolute atomic E-state index is 11.9. The van der Waals surface area contributed by atoms with Gasteiger partial charge in [0.15, 0.2) is 11.2 Å². The van der Waals surface area contributed by atoms with Crippen LogP contribution in [0.2, 0.25) is 0 Å². The van der Waals surface area contributed by atoms with Crippen molar-refractivity contribution in [3.05, 3.63) is 38.8 Å². The van der Waals surface area contributed by atoms with Gasteiger partial charge in [-0.1, -0.05) is 11.6 Å². The molecule has 0 unspecified atom stereocenters. The van der Waals surface area contributed by atoms with E-state index in [-0.39, 0.29) is 5.56 Å². The summed E-state index contributed by atoms with van der Waals surface area (Å²) in [6.45, 7) is 4.54. The number of H-pyrrole nitrogens is 1. The van der Waals surface area contributed by atoms with Crippen molar-refractivity contribution in [1.82, 2.24) is 19.1 Å². The van der Waals surface area contributed by atoms with Crippen molar-refractivity contribution in [3.63, 3.8) is 0 Å². The number of hydrogen-bond donors (Lipinski definition) is 1. The molecule has 6 nitrogen and oxygen atoms in total. The minimum absolute atomic E-state index is 0.330. The van der Waals surface area contributed by atoms with Crippen LogP contribution in [0.15, 0.2) is 27.6 Å². The summed E-state index contributed by atoms with van der Waals surface area (Å²) in [7, 11) is 1.44. The molecule has 2 rings (SSSR count). The summed E-state index contributed by atoms with van der Waals surface area (Å²) >= 11 is 0. The smallest absolute Gasteiger partial charge is 0.321 e. The van der Waals surface area contributed by atoms with Crippen LogP contribution in [0.25, 0.3) is 11.2 Å². The lowest BCUT2D eigenvalue weighted by atomic mass is 10.3. The number of hydrogen-bond acceptors (Lipinski definition) is 3. The van der Waals surface area contributed by atoms with E-state index < -0.39 is 5.69 Å². The Balaban J connectivity index is 2.68. The summed E-state index contributed by atoms with van der Waals surface area (Å²) in [4.78, 5) is 29.9. The molecule has 0 amide bonds. The predicted molar refractivity (Wildman–Crippen MR) is 65.0 cm³/mol. The van der Waals surface area contributed by atoms with Crippen LogP contribution in [0, 0.1) is 0 Å². The van der Waals surface area contributed by atoms with Crippen molar-refractivity contribution in [3.8, 4) is 0 Å². The average molecular weight is 234 g/mol. The number of imidazole rings is 1. The average Bonchev–Trinajstić information content (AvgIpc) is 2.66. The fraction of sp³-hybridized carbons (Fsp3) is 0.364. The molecule has 2 aromatic heterocycles. The van der Waals surface area contributed by atoms with Crippen LogP contribution in [-0.2, 0) is 13.6 Å². The highest BCUT2D eigenvalue weighted by Crippen LogP contribution is 2.04. The van der Waals surface area contributed by atoms with E-state index in [1.54, 1.807) is 10.9 Å². The summed E-state index contributed by atoms with van der Waals surface area (Å²) in [6, 6.07) is 0. The molecule has 0 aromatic carbocycles. The molecule has 0 radical (unpaired) electrons. The maximum Gasteiger partial charge on any atom is 0.329 e. The van der Waals surface area contributed by atoms with Crippen LogP contribution >= 0.6 is 0 Å². The summed E-state index contributed by atoms with van der Waals surface area (Å²) < 4.78 is 2.77. The summed E-state index contributed by atoms with van der Waals surface area (Å²) in [5.41, 5.74) is 1.14. The van der Waals surface area contributed by atoms with E-state index in [4.69, 9.17) is 0 Å². The summed E-state index contributed by atoms with van der Waals surface area (Å²) in [5, 5.41) is 0. The monoisotopic (exact) mass is 234 g/mol. The molecule has 2 heterocycles. The fourth-order valence-electron chi connectivity index (χ4n) is 1.55. The second kappa shape index (κ2) is 4.04. The molecule has 0 aliphatic heterocycles. The normalized spacial score (nSPS) is 10.8. The van der Waals surface area contributed by atoms with Crippen molar-refractivity contribution in [2.45, 2.75) is 20.4 Å². The molecule has 0 aliphatic rings. The summed E-state index contributed by atoms with van der Waals surface area (Å²) in [6.07, 6.45) is 3.55. The molecular formula is C11H14N4O2. The third-order valence-electron chi connectivity index (χ3n) is 2.57. The molecule has 0 bridgehead atoms. The fourth-order valence-corrected chi connectivity index (χ4v) is 1.55. The first kappa shape index (κ1) is 11.4. The van der Waals surface area contributed by atoms with Gasteiger partial charge in [-0.25, -0.2) is 9.78 Å². The Morgan fingerprint density at radius 3 is 2.82 bits per heavy atom. The van der Waals surface area contributed by atoms with E-state index in [1.807, 2.05) is 19.9 Å². The van der Waals surface area contributed by atoms with Crippen molar-refractivity contribution in [2.75, 3.05) is 0 Å². The van der Waals surface area contributed by atoms with Gasteiger partial charge >= 0.3 is 5.69 Å². The SMILES string of the molecule is CC(C)=CCn1cnc2[nH]c(=O)n(C)c(=O)c21. The van der Waals surface area contributed by atoms with Gasteiger partial charge in [-0.05, 0) is 13.8 Å². The molecule has 1 N–H and O–H groups in total. The van der Waals surface area contributed by atoms with E-state index in [2.05, 4.69) is 9.97 Å². The topological polar surface area (TPSA) is 72.7 Å². The van der Waals surface area contributed by atoms with E-state index in [0.717, 1.165) is 10.1 Å². The van der Waals surface area contributed by atoms with Crippen LogP contribution in [0.4, 0.5) is 0 Å². The molecule has 6 heteroatoms. The Morgan fingerprint density at radius 2 is 2.18 bits per heavy atom. The van der Waals surface area contributed by atoms with Gasteiger partial charge in [-0.2, -0.15) is 0 Å². The lowest BCUT2D eigenvalue weighted by Crippen LogP contribution is -2.33. The first-order valence-corrected chi connectivity index (χ1v) is 5.28. The van der Waals surface area contributed by atoms with E-state index in [1.165, 1.54) is 7.05 Å². The zero-order chi connectivity index (χ0) is 12.6. The molecule has 0 saturated carbocycles. The van der Waals surface area contributed by atoms with Gasteiger partial charge in [0.25, 0.3) is 5.56 Å². The Labute approximate surface area is 97.2 Å². The zero-order valence-corrected chi connectivity index (χ0v) is 10.0. The maximum atomic E-state index is 11.9. The largest absolute Gasteiger partial charge is 0.329 e. The number of aromatic amines is 1. The minimum atomic E-state index is -0.449. The first-order chi connectivity index (χ1) is 8.00. The third kappa shape index (κ3) is 1.93. The van der Waals surface area contributed by atoms with Crippen LogP contribution in [-0.4, -0.2) is 19.1 Å². The second-order valence-electron chi connectivity index (χ2n) is 4.17. The number of allylic oxidation sites excluding steroid dienone is 2. The highest BCUT2D eigenvalue weighted by Gasteiger charge is 2.09. The van der Waals surface area contributed by atoms with Gasteiger partial charge in [0.1, 0.15) is 0 Å². The lowest BCUT2D eigenvalue weighted by molar-refractivity contribution is 0.772. The minimum Gasteiger partial charge on any atom is -0.321 e. The van der Waals surface area contributed by atoms with Gasteiger partial charge in [-0.15, -0.1) is 0 Å². The molecule has 0 saturated heterocycles. The molecule has 90 valence electrons. The number of fused-ring (bicyclic) bond motifs is 1. The van der Waals surface area contributed by atoms with E-state index in [0.29, 0.717) is 17.7 Å². The Morgan fingerprint density at radius 1 is 1.47 bits per heavy atom. The number of nitrogens with one attached hydrogen (secondary N) is 1. The van der Waals surface area contributed by atoms with Crippen LogP contribution in [0.3, 0.4) is 0 Å². The molecule has 2 aromatic rings. The van der Waals surface area contributed by atoms with Crippen molar-refractivity contribution < 1.29 is 0 Å². The zero-order valence-electron chi connectivity index (χ0n) is 10.0. The highest BCUT2D eigenvalue weighted by molar-refractivity contribution is 5.69. The quantitative estimate of drug-likeness (QED) is 0.764. The van der Waals surface area contributed by atoms with Crippen LogP contribution < -0.4 is 11.2 Å². The highest BCUT2D eigenvalue weighted by atomic mass is 16.2. The Kier molecular flexibility index (Phi) is 2.71. The van der Waals surface area contributed by atoms with E-state index in [9.17, 15) is 9.59 Å². The molecular weight excluding hydrogens is 220 g/mol. The van der Waals surface area contributed by atoms with Crippen molar-refractivity contribution in [1.29, 1.82) is 0 Å². The van der Waals surface area contributed by atoms with Crippen molar-refractivity contribution >= 4 is 11.2 Å². The van der Waals surface area contributed by atoms with E-state index >= 15 is 0 Å². The Hall–Kier alpha value is -2.11. The van der Waals surface area contributed by atoms with Gasteiger partial charge in [0, 0.05) is 13.6 Å². The lowest BCUT2D eigenvalue weighted by Gasteiger charge is -2.01. The van der Waals surface area contributed by atoms with Gasteiger partial charge < -0.3 is 4.57 Å². The van der Waals surface area contributed by atoms with Gasteiger partial charge in [0.2, 0.25) is 0 Å². The van der Waals surface area contributed by atoms with Gasteiger partial charge in [-0.3, -0.25) is 14.3 Å². The molecule has 0 atom stereocenters. The molecule has 17 heavy (non-hydrogen) atoms. The number of rotatable bonds is 2. The second-order valence-corrected chi connectivity index (χ2v) is 4.17.